The molecule has 2 atom stereocenters. The van der Waals surface area contributed by atoms with E-state index in [2.05, 4.69) is 43.7 Å². The summed E-state index contributed by atoms with van der Waals surface area (Å²) in [5, 5.41) is 23.7. The van der Waals surface area contributed by atoms with Crippen molar-refractivity contribution in [2.24, 2.45) is 4.99 Å². The van der Waals surface area contributed by atoms with E-state index in [9.17, 15) is 10.1 Å². The number of para-hydroxylation sites is 1. The number of hydrogen-bond donors (Lipinski definition) is 2. The van der Waals surface area contributed by atoms with E-state index < -0.39 is 6.17 Å². The van der Waals surface area contributed by atoms with Gasteiger partial charge in [0, 0.05) is 30.4 Å². The zero-order chi connectivity index (χ0) is 27.5. The number of benzodiazepines with no additional fused rings is 1. The van der Waals surface area contributed by atoms with Gasteiger partial charge in [-0.15, -0.1) is 5.10 Å². The molecule has 40 heavy (non-hydrogen) atoms. The van der Waals surface area contributed by atoms with Gasteiger partial charge in [0.2, 0.25) is 6.17 Å². The highest BCUT2D eigenvalue weighted by Gasteiger charge is 2.29. The van der Waals surface area contributed by atoms with E-state index in [1.54, 1.807) is 6.07 Å². The lowest BCUT2D eigenvalue weighted by atomic mass is 10.0. The number of aliphatic imine (C=N–C) groups is 1. The molecule has 0 saturated carbocycles. The number of rotatable bonds is 6. The van der Waals surface area contributed by atoms with Crippen LogP contribution >= 0.6 is 0 Å². The van der Waals surface area contributed by atoms with Gasteiger partial charge in [-0.05, 0) is 18.6 Å². The Kier molecular flexibility index (Phi) is 6.91. The molecule has 11 heteroatoms. The quantitative estimate of drug-likeness (QED) is 0.377. The number of morpholine rings is 1. The first-order chi connectivity index (χ1) is 19.6. The van der Waals surface area contributed by atoms with Gasteiger partial charge in [-0.3, -0.25) is 4.79 Å². The number of hydrogen-bond acceptors (Lipinski definition) is 10. The van der Waals surface area contributed by atoms with Gasteiger partial charge in [0.05, 0.1) is 35.4 Å². The Labute approximate surface area is 230 Å². The van der Waals surface area contributed by atoms with E-state index in [0.717, 1.165) is 17.5 Å². The second-order valence-corrected chi connectivity index (χ2v) is 9.39. The maximum atomic E-state index is 13.2. The minimum absolute atomic E-state index is 0.0165. The van der Waals surface area contributed by atoms with Gasteiger partial charge in [-0.25, -0.2) is 9.98 Å². The number of nitrogens with zero attached hydrogens (tertiary/aromatic N) is 6. The first-order valence-electron chi connectivity index (χ1n) is 13.0. The lowest BCUT2D eigenvalue weighted by molar-refractivity contribution is -0.116. The molecule has 4 heterocycles. The zero-order valence-corrected chi connectivity index (χ0v) is 21.7. The monoisotopic (exact) mass is 534 g/mol. The first-order valence-corrected chi connectivity index (χ1v) is 13.0. The number of carbonyl (C=O) groups excluding carboxylic acids is 1. The summed E-state index contributed by atoms with van der Waals surface area (Å²) < 4.78 is 11.8. The molecule has 1 fully saturated rings. The largest absolute Gasteiger partial charge is 0.402 e. The minimum atomic E-state index is -1.03. The molecule has 6 rings (SSSR count). The number of ether oxygens (including phenoxy) is 1. The summed E-state index contributed by atoms with van der Waals surface area (Å²) in [5.74, 6) is -0.208. The summed E-state index contributed by atoms with van der Waals surface area (Å²) in [7, 11) is 0. The van der Waals surface area contributed by atoms with Crippen LogP contribution in [-0.2, 0) is 9.53 Å². The van der Waals surface area contributed by atoms with Crippen molar-refractivity contribution in [2.45, 2.75) is 25.6 Å². The normalized spacial score (nSPS) is 18.6. The van der Waals surface area contributed by atoms with Crippen LogP contribution in [0.5, 0.6) is 0 Å². The summed E-state index contributed by atoms with van der Waals surface area (Å²) in [6.45, 7) is 3.92. The molecule has 0 aliphatic carbocycles. The third kappa shape index (κ3) is 5.00. The van der Waals surface area contributed by atoms with Crippen LogP contribution in [0, 0.1) is 11.3 Å². The molecule has 2 aromatic carbocycles. The van der Waals surface area contributed by atoms with Crippen molar-refractivity contribution >= 4 is 29.0 Å². The maximum Gasteiger partial charge on any atom is 0.317 e. The van der Waals surface area contributed by atoms with Crippen molar-refractivity contribution in [1.29, 1.82) is 5.26 Å². The summed E-state index contributed by atoms with van der Waals surface area (Å²) >= 11 is 0. The molecule has 0 bridgehead atoms. The fourth-order valence-electron chi connectivity index (χ4n) is 4.78. The summed E-state index contributed by atoms with van der Waals surface area (Å²) in [5.41, 5.74) is 4.57. The number of anilines is 3. The number of carbonyl (C=O) groups is 1. The van der Waals surface area contributed by atoms with Crippen LogP contribution in [0.25, 0.3) is 11.6 Å². The molecule has 0 unspecified atom stereocenters. The summed E-state index contributed by atoms with van der Waals surface area (Å²) in [4.78, 5) is 24.6. The van der Waals surface area contributed by atoms with Gasteiger partial charge in [-0.1, -0.05) is 60.6 Å². The number of amides is 1. The van der Waals surface area contributed by atoms with Crippen molar-refractivity contribution in [2.75, 3.05) is 35.2 Å². The van der Waals surface area contributed by atoms with Crippen LogP contribution in [0.1, 0.15) is 30.0 Å². The van der Waals surface area contributed by atoms with Crippen LogP contribution in [-0.4, -0.2) is 58.8 Å². The molecular weight excluding hydrogens is 508 g/mol. The summed E-state index contributed by atoms with van der Waals surface area (Å²) in [6, 6.07) is 21.1. The Balaban J connectivity index is 1.32. The molecule has 0 radical (unpaired) electrons. The van der Waals surface area contributed by atoms with E-state index in [0.29, 0.717) is 48.0 Å². The predicted molar refractivity (Wildman–Crippen MR) is 149 cm³/mol. The van der Waals surface area contributed by atoms with Gasteiger partial charge >= 0.3 is 6.01 Å². The number of aromatic nitrogens is 3. The molecule has 1 saturated heterocycles. The van der Waals surface area contributed by atoms with E-state index in [1.165, 1.54) is 6.20 Å². The number of nitriles is 1. The number of pyridine rings is 1. The molecule has 2 aliphatic heterocycles. The Morgan fingerprint density at radius 3 is 2.80 bits per heavy atom. The van der Waals surface area contributed by atoms with E-state index in [-0.39, 0.29) is 23.9 Å². The van der Waals surface area contributed by atoms with Crippen LogP contribution < -0.4 is 15.5 Å². The standard InChI is InChI=1S/C29H26N8O3/c1-2-20-17-37(12-13-39-20)23-14-18(15-30)16-31-25(23)28-35-36-29(40-28)34-26-27(38)32-22-11-7-6-10-21(22)24(33-26)19-8-4-3-5-9-19/h3-11,14,16,20,26H,2,12-13,17H2,1H3,(H,32,38)(H,34,36)/t20-,26+/m0/s1. The van der Waals surface area contributed by atoms with Crippen LogP contribution in [0.2, 0.25) is 0 Å². The highest BCUT2D eigenvalue weighted by molar-refractivity contribution is 6.19. The third-order valence-corrected chi connectivity index (χ3v) is 6.81. The average Bonchev–Trinajstić information content (AvgIpc) is 3.42. The van der Waals surface area contributed by atoms with Crippen LogP contribution in [0.3, 0.4) is 0 Å². The molecular formula is C29H26N8O3. The fraction of sp³-hybridized carbons (Fsp3) is 0.241. The maximum absolute atomic E-state index is 13.2. The van der Waals surface area contributed by atoms with Gasteiger partial charge in [0.25, 0.3) is 11.8 Å². The highest BCUT2D eigenvalue weighted by Crippen LogP contribution is 2.32. The third-order valence-electron chi connectivity index (χ3n) is 6.81. The lowest BCUT2D eigenvalue weighted by Crippen LogP contribution is -2.42. The van der Waals surface area contributed by atoms with E-state index in [4.69, 9.17) is 14.1 Å². The second kappa shape index (κ2) is 11.0. The Hall–Kier alpha value is -5.08. The smallest absolute Gasteiger partial charge is 0.317 e. The molecule has 0 spiro atoms. The molecule has 2 aromatic heterocycles. The Morgan fingerprint density at radius 1 is 1.15 bits per heavy atom. The van der Waals surface area contributed by atoms with Crippen LogP contribution in [0.4, 0.5) is 17.4 Å². The van der Waals surface area contributed by atoms with Gasteiger partial charge in [0.15, 0.2) is 5.69 Å². The molecule has 2 N–H and O–H groups in total. The Morgan fingerprint density at radius 2 is 1.98 bits per heavy atom. The van der Waals surface area contributed by atoms with E-state index in [1.807, 2.05) is 54.6 Å². The number of fused-ring (bicyclic) bond motifs is 1. The highest BCUT2D eigenvalue weighted by atomic mass is 16.5. The van der Waals surface area contributed by atoms with Crippen molar-refractivity contribution in [1.82, 2.24) is 15.2 Å². The number of nitrogens with one attached hydrogen (secondary N) is 2. The SMILES string of the molecule is CC[C@H]1CN(c2cc(C#N)cnc2-c2nnc(N[C@H]3N=C(c4ccccc4)c4ccccc4NC3=O)o2)CCO1. The summed E-state index contributed by atoms with van der Waals surface area (Å²) in [6.07, 6.45) is 1.38. The molecule has 2 aliphatic rings. The van der Waals surface area contributed by atoms with Crippen molar-refractivity contribution in [3.63, 3.8) is 0 Å². The molecule has 11 nitrogen and oxygen atoms in total. The predicted octanol–water partition coefficient (Wildman–Crippen LogP) is 3.85. The van der Waals surface area contributed by atoms with Gasteiger partial charge < -0.3 is 24.7 Å². The van der Waals surface area contributed by atoms with Crippen molar-refractivity contribution < 1.29 is 13.9 Å². The first kappa shape index (κ1) is 25.2. The number of benzene rings is 2. The lowest BCUT2D eigenvalue weighted by Gasteiger charge is -2.34. The molecule has 4 aromatic rings. The van der Waals surface area contributed by atoms with Crippen molar-refractivity contribution in [3.05, 3.63) is 83.6 Å². The zero-order valence-electron chi connectivity index (χ0n) is 21.7. The second-order valence-electron chi connectivity index (χ2n) is 9.39. The molecule has 1 amide bonds. The van der Waals surface area contributed by atoms with Crippen LogP contribution in [0.15, 0.2) is 76.3 Å². The van der Waals surface area contributed by atoms with Gasteiger partial charge in [0.1, 0.15) is 6.07 Å². The van der Waals surface area contributed by atoms with Gasteiger partial charge in [-0.2, -0.15) is 5.26 Å². The minimum Gasteiger partial charge on any atom is -0.402 e. The fourth-order valence-corrected chi connectivity index (χ4v) is 4.78. The van der Waals surface area contributed by atoms with Crippen molar-refractivity contribution in [3.8, 4) is 17.7 Å². The Bertz CT molecular complexity index is 1610. The molecule has 200 valence electrons. The average molecular weight is 535 g/mol. The van der Waals surface area contributed by atoms with E-state index >= 15 is 0 Å². The topological polar surface area (TPSA) is 142 Å².